The molecule has 0 fully saturated rings. The predicted octanol–water partition coefficient (Wildman–Crippen LogP) is -0.377. The van der Waals surface area contributed by atoms with E-state index in [-0.39, 0.29) is 0 Å². The van der Waals surface area contributed by atoms with Crippen molar-refractivity contribution in [2.24, 2.45) is 0 Å². The molecule has 0 heterocycles. The summed E-state index contributed by atoms with van der Waals surface area (Å²) in [6.45, 7) is 0. The Balaban J connectivity index is 3.23. The van der Waals surface area contributed by atoms with E-state index < -0.39 is 26.3 Å². The lowest BCUT2D eigenvalue weighted by molar-refractivity contribution is -0.114. The van der Waals surface area contributed by atoms with E-state index in [1.54, 1.807) is 0 Å². The number of hydrogen-bond acceptors (Lipinski definition) is 4. The van der Waals surface area contributed by atoms with E-state index in [2.05, 4.69) is 0 Å². The zero-order valence-corrected chi connectivity index (χ0v) is 7.09. The molecular weight excluding hydrogens is 180 g/mol. The van der Waals surface area contributed by atoms with Crippen molar-refractivity contribution in [1.82, 2.24) is 0 Å². The summed E-state index contributed by atoms with van der Waals surface area (Å²) in [6.07, 6.45) is 3.72. The molecule has 4 nitrogen and oxygen atoms in total. The molecule has 0 aliphatic heterocycles. The Morgan fingerprint density at radius 3 is 2.17 bits per heavy atom. The molecule has 0 saturated heterocycles. The number of hydrogen-bond donors (Lipinski definition) is 0. The van der Waals surface area contributed by atoms with Crippen LogP contribution in [-0.2, 0) is 19.4 Å². The molecule has 0 saturated carbocycles. The average Bonchev–Trinajstić information content (AvgIpc) is 1.92. The third-order valence-electron chi connectivity index (χ3n) is 1.31. The molecule has 0 bridgehead atoms. The second kappa shape index (κ2) is 2.67. The molecule has 0 atom stereocenters. The lowest BCUT2D eigenvalue weighted by atomic mass is 10.2. The van der Waals surface area contributed by atoms with Gasteiger partial charge in [0.15, 0.2) is 21.4 Å². The van der Waals surface area contributed by atoms with Crippen molar-refractivity contribution in [2.75, 3.05) is 6.26 Å². The first kappa shape index (κ1) is 8.86. The summed E-state index contributed by atoms with van der Waals surface area (Å²) < 4.78 is 21.7. The van der Waals surface area contributed by atoms with E-state index in [1.165, 1.54) is 0 Å². The first-order chi connectivity index (χ1) is 5.41. The molecule has 0 radical (unpaired) electrons. The Morgan fingerprint density at radius 1 is 1.17 bits per heavy atom. The molecular formula is C7H6O4S. The van der Waals surface area contributed by atoms with Crippen molar-refractivity contribution in [2.45, 2.75) is 0 Å². The van der Waals surface area contributed by atoms with E-state index in [0.717, 1.165) is 24.5 Å². The highest BCUT2D eigenvalue weighted by molar-refractivity contribution is 7.95. The molecule has 64 valence electrons. The first-order valence-corrected chi connectivity index (χ1v) is 4.98. The zero-order chi connectivity index (χ0) is 9.35. The Labute approximate surface area is 69.5 Å². The maximum Gasteiger partial charge on any atom is 0.197 e. The van der Waals surface area contributed by atoms with Gasteiger partial charge in [-0.2, -0.15) is 0 Å². The van der Waals surface area contributed by atoms with Gasteiger partial charge in [-0.3, -0.25) is 9.59 Å². The van der Waals surface area contributed by atoms with Gasteiger partial charge in [-0.25, -0.2) is 8.42 Å². The van der Waals surface area contributed by atoms with Crippen LogP contribution in [0.3, 0.4) is 0 Å². The van der Waals surface area contributed by atoms with Crippen LogP contribution in [0.4, 0.5) is 0 Å². The normalized spacial score (nSPS) is 17.9. The molecule has 0 aromatic carbocycles. The van der Waals surface area contributed by atoms with Gasteiger partial charge in [-0.1, -0.05) is 0 Å². The van der Waals surface area contributed by atoms with Gasteiger partial charge < -0.3 is 0 Å². The minimum Gasteiger partial charge on any atom is -0.290 e. The minimum absolute atomic E-state index is 0.435. The average molecular weight is 186 g/mol. The number of sulfone groups is 1. The Kier molecular flexibility index (Phi) is 1.97. The van der Waals surface area contributed by atoms with Crippen LogP contribution >= 0.6 is 0 Å². The summed E-state index contributed by atoms with van der Waals surface area (Å²) in [5.74, 6) is -1.12. The van der Waals surface area contributed by atoms with Crippen LogP contribution in [0, 0.1) is 0 Å². The second-order valence-corrected chi connectivity index (χ2v) is 4.36. The summed E-state index contributed by atoms with van der Waals surface area (Å²) in [4.78, 5) is 21.2. The van der Waals surface area contributed by atoms with Gasteiger partial charge in [0.1, 0.15) is 4.91 Å². The fourth-order valence-electron chi connectivity index (χ4n) is 0.778. The van der Waals surface area contributed by atoms with Crippen molar-refractivity contribution in [1.29, 1.82) is 0 Å². The Bertz CT molecular complexity index is 397. The van der Waals surface area contributed by atoms with Crippen LogP contribution in [0.2, 0.25) is 0 Å². The fourth-order valence-corrected chi connectivity index (χ4v) is 1.54. The fraction of sp³-hybridized carbons (Fsp3) is 0.143. The summed E-state index contributed by atoms with van der Waals surface area (Å²) >= 11 is 0. The number of carbonyl (C=O) groups excluding carboxylic acids is 2. The molecule has 1 rings (SSSR count). The topological polar surface area (TPSA) is 68.3 Å². The number of allylic oxidation sites excluding steroid dienone is 4. The lowest BCUT2D eigenvalue weighted by Crippen LogP contribution is -2.15. The van der Waals surface area contributed by atoms with Crippen LogP contribution in [0.5, 0.6) is 0 Å². The molecule has 0 aromatic rings. The molecule has 1 aliphatic rings. The Morgan fingerprint density at radius 2 is 1.75 bits per heavy atom. The quantitative estimate of drug-likeness (QED) is 0.523. The van der Waals surface area contributed by atoms with E-state index in [9.17, 15) is 18.0 Å². The van der Waals surface area contributed by atoms with Gasteiger partial charge in [0, 0.05) is 12.3 Å². The second-order valence-electron chi connectivity index (χ2n) is 2.38. The van der Waals surface area contributed by atoms with Crippen LogP contribution in [0.25, 0.3) is 0 Å². The van der Waals surface area contributed by atoms with Gasteiger partial charge in [0.05, 0.1) is 0 Å². The monoisotopic (exact) mass is 186 g/mol. The molecule has 1 aliphatic carbocycles. The van der Waals surface area contributed by atoms with E-state index >= 15 is 0 Å². The van der Waals surface area contributed by atoms with Crippen LogP contribution in [0.15, 0.2) is 23.1 Å². The lowest BCUT2D eigenvalue weighted by Gasteiger charge is -2.02. The summed E-state index contributed by atoms with van der Waals surface area (Å²) in [7, 11) is -3.57. The van der Waals surface area contributed by atoms with Crippen LogP contribution < -0.4 is 0 Å². The zero-order valence-electron chi connectivity index (χ0n) is 6.27. The molecule has 0 amide bonds. The Hall–Kier alpha value is -1.23. The van der Waals surface area contributed by atoms with Crippen LogP contribution in [-0.4, -0.2) is 26.2 Å². The smallest absolute Gasteiger partial charge is 0.197 e. The van der Waals surface area contributed by atoms with Crippen molar-refractivity contribution < 1.29 is 18.0 Å². The molecule has 0 spiro atoms. The summed E-state index contributed by atoms with van der Waals surface area (Å²) in [5.41, 5.74) is 0. The SMILES string of the molecule is CS(=O)(=O)C1=CC(=O)C=CC1=O. The van der Waals surface area contributed by atoms with Gasteiger partial charge >= 0.3 is 0 Å². The maximum absolute atomic E-state index is 10.9. The number of carbonyl (C=O) groups is 2. The van der Waals surface area contributed by atoms with Gasteiger partial charge in [-0.15, -0.1) is 0 Å². The highest BCUT2D eigenvalue weighted by Gasteiger charge is 2.21. The molecule has 5 heteroatoms. The third kappa shape index (κ3) is 1.68. The van der Waals surface area contributed by atoms with Crippen molar-refractivity contribution in [3.05, 3.63) is 23.1 Å². The standard InChI is InChI=1S/C7H6O4S/c1-12(10,11)7-4-5(8)2-3-6(7)9/h2-4H,1H3. The van der Waals surface area contributed by atoms with Crippen molar-refractivity contribution in [3.8, 4) is 0 Å². The maximum atomic E-state index is 10.9. The highest BCUT2D eigenvalue weighted by atomic mass is 32.2. The molecule has 0 N–H and O–H groups in total. The molecule has 0 unspecified atom stereocenters. The van der Waals surface area contributed by atoms with Gasteiger partial charge in [-0.05, 0) is 12.2 Å². The van der Waals surface area contributed by atoms with Gasteiger partial charge in [0.25, 0.3) is 0 Å². The highest BCUT2D eigenvalue weighted by Crippen LogP contribution is 2.10. The third-order valence-corrected chi connectivity index (χ3v) is 2.43. The molecule has 0 aromatic heterocycles. The number of ketones is 2. The molecule has 12 heavy (non-hydrogen) atoms. The van der Waals surface area contributed by atoms with E-state index in [0.29, 0.717) is 0 Å². The van der Waals surface area contributed by atoms with Gasteiger partial charge in [0.2, 0.25) is 0 Å². The van der Waals surface area contributed by atoms with Crippen LogP contribution in [0.1, 0.15) is 0 Å². The largest absolute Gasteiger partial charge is 0.290 e. The van der Waals surface area contributed by atoms with E-state index in [4.69, 9.17) is 0 Å². The predicted molar refractivity (Wildman–Crippen MR) is 42.1 cm³/mol. The minimum atomic E-state index is -3.57. The van der Waals surface area contributed by atoms with Crippen molar-refractivity contribution >= 4 is 21.4 Å². The van der Waals surface area contributed by atoms with Crippen molar-refractivity contribution in [3.63, 3.8) is 0 Å². The van der Waals surface area contributed by atoms with E-state index in [1.807, 2.05) is 0 Å². The summed E-state index contributed by atoms with van der Waals surface area (Å²) in [5, 5.41) is 0. The first-order valence-electron chi connectivity index (χ1n) is 3.09. The summed E-state index contributed by atoms with van der Waals surface area (Å²) in [6, 6.07) is 0. The number of rotatable bonds is 1.